The number of quaternary nitrogens is 1. The summed E-state index contributed by atoms with van der Waals surface area (Å²) in [5.74, 6) is 1.65. The number of ether oxygens (including phenoxy) is 1. The first kappa shape index (κ1) is 15.8. The molecule has 116 valence electrons. The highest BCUT2D eigenvalue weighted by atomic mass is 16.5. The van der Waals surface area contributed by atoms with Gasteiger partial charge in [-0.05, 0) is 44.0 Å². The summed E-state index contributed by atoms with van der Waals surface area (Å²) < 4.78 is 5.11. The summed E-state index contributed by atoms with van der Waals surface area (Å²) in [5, 5.41) is 5.13. The van der Waals surface area contributed by atoms with Crippen LogP contribution >= 0.6 is 0 Å². The van der Waals surface area contributed by atoms with Crippen molar-refractivity contribution in [3.63, 3.8) is 0 Å². The van der Waals surface area contributed by atoms with Gasteiger partial charge in [0.05, 0.1) is 13.7 Å². The molecule has 1 aliphatic rings. The third kappa shape index (κ3) is 5.05. The molecule has 4 heteroatoms. The molecule has 0 spiro atoms. The van der Waals surface area contributed by atoms with Gasteiger partial charge in [-0.3, -0.25) is 4.79 Å². The molecular weight excluding hydrogens is 264 g/mol. The first-order valence-electron chi connectivity index (χ1n) is 7.97. The third-order valence-electron chi connectivity index (χ3n) is 4.32. The number of nitrogens with one attached hydrogen (secondary N) is 1. The lowest BCUT2D eigenvalue weighted by Crippen LogP contribution is -2.92. The Hall–Kier alpha value is -1.55. The van der Waals surface area contributed by atoms with E-state index >= 15 is 0 Å². The Morgan fingerprint density at radius 3 is 2.57 bits per heavy atom. The summed E-state index contributed by atoms with van der Waals surface area (Å²) in [5.41, 5.74) is 0.818. The van der Waals surface area contributed by atoms with E-state index in [9.17, 15) is 4.79 Å². The lowest BCUT2D eigenvalue weighted by molar-refractivity contribution is -0.678. The summed E-state index contributed by atoms with van der Waals surface area (Å²) in [4.78, 5) is 12.2. The molecule has 0 heterocycles. The molecule has 1 saturated carbocycles. The predicted octanol–water partition coefficient (Wildman–Crippen LogP) is 2.17. The van der Waals surface area contributed by atoms with Crippen LogP contribution < -0.4 is 15.4 Å². The van der Waals surface area contributed by atoms with Crippen LogP contribution in [0.4, 0.5) is 5.69 Å². The summed E-state index contributed by atoms with van der Waals surface area (Å²) in [6.07, 6.45) is 6.73. The van der Waals surface area contributed by atoms with E-state index in [1.54, 1.807) is 7.11 Å². The van der Waals surface area contributed by atoms with E-state index in [4.69, 9.17) is 4.74 Å². The van der Waals surface area contributed by atoms with E-state index in [1.165, 1.54) is 32.1 Å². The molecule has 0 aliphatic heterocycles. The van der Waals surface area contributed by atoms with Gasteiger partial charge in [-0.2, -0.15) is 0 Å². The van der Waals surface area contributed by atoms with Gasteiger partial charge in [-0.1, -0.05) is 19.3 Å². The highest BCUT2D eigenvalue weighted by molar-refractivity contribution is 5.93. The minimum absolute atomic E-state index is 0.0472. The van der Waals surface area contributed by atoms with Crippen LogP contribution in [0.25, 0.3) is 0 Å². The summed E-state index contributed by atoms with van der Waals surface area (Å²) in [6.45, 7) is 3.04. The van der Waals surface area contributed by atoms with Crippen LogP contribution in [0.1, 0.15) is 39.0 Å². The second-order valence-corrected chi connectivity index (χ2v) is 5.98. The molecule has 1 amide bonds. The SMILES string of the molecule is COc1ccc(NC(=O)[C@H](C)[NH2+]CC2CCCCC2)cc1. The number of hydrogen-bond donors (Lipinski definition) is 2. The van der Waals surface area contributed by atoms with E-state index in [0.717, 1.165) is 23.9 Å². The van der Waals surface area contributed by atoms with Crippen molar-refractivity contribution in [3.8, 4) is 5.75 Å². The fraction of sp³-hybridized carbons (Fsp3) is 0.588. The maximum absolute atomic E-state index is 12.2. The van der Waals surface area contributed by atoms with Gasteiger partial charge in [0.25, 0.3) is 5.91 Å². The molecule has 0 radical (unpaired) electrons. The number of amides is 1. The number of nitrogens with two attached hydrogens (primary N) is 1. The fourth-order valence-electron chi connectivity index (χ4n) is 2.86. The zero-order valence-electron chi connectivity index (χ0n) is 13.1. The Morgan fingerprint density at radius 1 is 1.29 bits per heavy atom. The monoisotopic (exact) mass is 291 g/mol. The molecule has 0 bridgehead atoms. The molecule has 1 fully saturated rings. The van der Waals surface area contributed by atoms with Crippen molar-refractivity contribution in [2.45, 2.75) is 45.1 Å². The summed E-state index contributed by atoms with van der Waals surface area (Å²) in [6, 6.07) is 7.39. The molecule has 1 aromatic rings. The van der Waals surface area contributed by atoms with E-state index in [2.05, 4.69) is 10.6 Å². The van der Waals surface area contributed by atoms with E-state index in [-0.39, 0.29) is 11.9 Å². The van der Waals surface area contributed by atoms with Crippen LogP contribution in [0.2, 0.25) is 0 Å². The average molecular weight is 291 g/mol. The van der Waals surface area contributed by atoms with Crippen molar-refractivity contribution in [2.24, 2.45) is 5.92 Å². The Morgan fingerprint density at radius 2 is 1.95 bits per heavy atom. The molecule has 21 heavy (non-hydrogen) atoms. The van der Waals surface area contributed by atoms with E-state index in [1.807, 2.05) is 31.2 Å². The number of methoxy groups -OCH3 is 1. The van der Waals surface area contributed by atoms with Gasteiger partial charge in [0.15, 0.2) is 6.04 Å². The van der Waals surface area contributed by atoms with Gasteiger partial charge < -0.3 is 15.4 Å². The maximum Gasteiger partial charge on any atom is 0.282 e. The molecular formula is C17H27N2O2+. The molecule has 1 atom stereocenters. The number of carbonyl (C=O) groups excluding carboxylic acids is 1. The van der Waals surface area contributed by atoms with Gasteiger partial charge in [0.1, 0.15) is 5.75 Å². The van der Waals surface area contributed by atoms with Gasteiger partial charge in [0.2, 0.25) is 0 Å². The highest BCUT2D eigenvalue weighted by Crippen LogP contribution is 2.22. The van der Waals surface area contributed by atoms with Crippen molar-refractivity contribution in [1.29, 1.82) is 0 Å². The normalized spacial score (nSPS) is 17.2. The van der Waals surface area contributed by atoms with Crippen molar-refractivity contribution < 1.29 is 14.8 Å². The van der Waals surface area contributed by atoms with Crippen molar-refractivity contribution >= 4 is 11.6 Å². The van der Waals surface area contributed by atoms with Gasteiger partial charge in [-0.25, -0.2) is 0 Å². The first-order chi connectivity index (χ1) is 10.2. The standard InChI is InChI=1S/C17H26N2O2/c1-13(18-12-14-6-4-3-5-7-14)17(20)19-15-8-10-16(21-2)11-9-15/h8-11,13-14,18H,3-7,12H2,1-2H3,(H,19,20)/p+1/t13-/m0/s1. The van der Waals surface area contributed by atoms with Crippen molar-refractivity contribution in [1.82, 2.24) is 0 Å². The zero-order valence-corrected chi connectivity index (χ0v) is 13.1. The quantitative estimate of drug-likeness (QED) is 0.844. The fourth-order valence-corrected chi connectivity index (χ4v) is 2.86. The second kappa shape index (κ2) is 8.03. The molecule has 4 nitrogen and oxygen atoms in total. The summed E-state index contributed by atoms with van der Waals surface area (Å²) in [7, 11) is 1.63. The van der Waals surface area contributed by atoms with Crippen LogP contribution in [0.3, 0.4) is 0 Å². The zero-order chi connectivity index (χ0) is 15.1. The first-order valence-corrected chi connectivity index (χ1v) is 7.97. The Balaban J connectivity index is 1.75. The van der Waals surface area contributed by atoms with Crippen LogP contribution in [0.15, 0.2) is 24.3 Å². The maximum atomic E-state index is 12.2. The lowest BCUT2D eigenvalue weighted by Gasteiger charge is -2.21. The third-order valence-corrected chi connectivity index (χ3v) is 4.32. The molecule has 3 N–H and O–H groups in total. The molecule has 2 rings (SSSR count). The van der Waals surface area contributed by atoms with Crippen LogP contribution in [-0.2, 0) is 4.79 Å². The number of carbonyl (C=O) groups is 1. The molecule has 1 aromatic carbocycles. The minimum Gasteiger partial charge on any atom is -0.497 e. The van der Waals surface area contributed by atoms with Gasteiger partial charge in [0, 0.05) is 11.6 Å². The van der Waals surface area contributed by atoms with Crippen LogP contribution in [0, 0.1) is 5.92 Å². The number of anilines is 1. The van der Waals surface area contributed by atoms with E-state index in [0.29, 0.717) is 0 Å². The summed E-state index contributed by atoms with van der Waals surface area (Å²) >= 11 is 0. The van der Waals surface area contributed by atoms with Crippen molar-refractivity contribution in [3.05, 3.63) is 24.3 Å². The number of rotatable bonds is 6. The largest absolute Gasteiger partial charge is 0.497 e. The van der Waals surface area contributed by atoms with Crippen LogP contribution in [0.5, 0.6) is 5.75 Å². The Bertz CT molecular complexity index is 439. The number of benzene rings is 1. The van der Waals surface area contributed by atoms with Crippen LogP contribution in [-0.4, -0.2) is 25.6 Å². The Labute approximate surface area is 127 Å². The topological polar surface area (TPSA) is 54.9 Å². The molecule has 1 aliphatic carbocycles. The van der Waals surface area contributed by atoms with Crippen molar-refractivity contribution in [2.75, 3.05) is 19.0 Å². The molecule has 0 saturated heterocycles. The highest BCUT2D eigenvalue weighted by Gasteiger charge is 2.20. The van der Waals surface area contributed by atoms with Gasteiger partial charge in [-0.15, -0.1) is 0 Å². The van der Waals surface area contributed by atoms with E-state index < -0.39 is 0 Å². The molecule has 0 aromatic heterocycles. The average Bonchev–Trinajstić information content (AvgIpc) is 2.54. The lowest BCUT2D eigenvalue weighted by atomic mass is 9.89. The minimum atomic E-state index is -0.0472. The van der Waals surface area contributed by atoms with Gasteiger partial charge >= 0.3 is 0 Å². The predicted molar refractivity (Wildman–Crippen MR) is 84.5 cm³/mol. The number of hydrogen-bond acceptors (Lipinski definition) is 2. The second-order valence-electron chi connectivity index (χ2n) is 5.98. The smallest absolute Gasteiger partial charge is 0.282 e. The Kier molecular flexibility index (Phi) is 6.05. The molecule has 0 unspecified atom stereocenters.